The molecule has 2 amide bonds. The molecule has 0 spiro atoms. The molecule has 0 radical (unpaired) electrons. The maximum Gasteiger partial charge on any atom is 0.274 e. The molecule has 2 atom stereocenters. The van der Waals surface area contributed by atoms with E-state index in [1.165, 1.54) is 10.5 Å². The fourth-order valence-corrected chi connectivity index (χ4v) is 3.52. The largest absolute Gasteiger partial charge is 0.381 e. The van der Waals surface area contributed by atoms with E-state index >= 15 is 0 Å². The van der Waals surface area contributed by atoms with Crippen LogP contribution in [0.2, 0.25) is 5.02 Å². The Labute approximate surface area is 156 Å². The predicted molar refractivity (Wildman–Crippen MR) is 97.8 cm³/mol. The number of aryl methyl sites for hydroxylation is 1. The van der Waals surface area contributed by atoms with Crippen molar-refractivity contribution in [3.63, 3.8) is 0 Å². The second kappa shape index (κ2) is 6.92. The van der Waals surface area contributed by atoms with Gasteiger partial charge in [-0.2, -0.15) is 0 Å². The monoisotopic (exact) mass is 368 g/mol. The first kappa shape index (κ1) is 16.8. The summed E-state index contributed by atoms with van der Waals surface area (Å²) < 4.78 is 0. The van der Waals surface area contributed by atoms with Crippen LogP contribution in [0.5, 0.6) is 0 Å². The van der Waals surface area contributed by atoms with Crippen LogP contribution < -0.4 is 0 Å². The van der Waals surface area contributed by atoms with E-state index in [9.17, 15) is 9.59 Å². The van der Waals surface area contributed by atoms with Crippen molar-refractivity contribution in [1.29, 1.82) is 0 Å². The third-order valence-corrected chi connectivity index (χ3v) is 4.99. The lowest BCUT2D eigenvalue weighted by atomic mass is 9.94. The van der Waals surface area contributed by atoms with Gasteiger partial charge in [-0.15, -0.1) is 0 Å². The molecular weight excluding hydrogens is 352 g/mol. The number of carbonyl (C=O) groups excluding carboxylic acids is 2. The van der Waals surface area contributed by atoms with Crippen LogP contribution in [0.25, 0.3) is 0 Å². The average Bonchev–Trinajstić information content (AvgIpc) is 3.19. The third-order valence-electron chi connectivity index (χ3n) is 4.73. The van der Waals surface area contributed by atoms with Crippen LogP contribution in [0.4, 0.5) is 0 Å². The second-order valence-electron chi connectivity index (χ2n) is 6.40. The Morgan fingerprint density at radius 2 is 1.73 bits per heavy atom. The molecule has 132 valence electrons. The molecule has 2 aromatic rings. The van der Waals surface area contributed by atoms with Crippen LogP contribution in [0.3, 0.4) is 0 Å². The van der Waals surface area contributed by atoms with E-state index in [0.29, 0.717) is 23.7 Å². The Kier molecular flexibility index (Phi) is 4.47. The molecule has 0 N–H and O–H groups in total. The molecule has 2 heterocycles. The molecule has 2 aliphatic rings. The number of oxime groups is 1. The summed E-state index contributed by atoms with van der Waals surface area (Å²) in [7, 11) is 0. The zero-order chi connectivity index (χ0) is 18.1. The van der Waals surface area contributed by atoms with Crippen LogP contribution in [0.1, 0.15) is 17.5 Å². The van der Waals surface area contributed by atoms with E-state index in [1.54, 1.807) is 24.3 Å². The van der Waals surface area contributed by atoms with Crippen molar-refractivity contribution >= 4 is 29.1 Å². The Bertz CT molecular complexity index is 864. The number of nitrogens with zero attached hydrogens (tertiary/aromatic N) is 2. The van der Waals surface area contributed by atoms with Gasteiger partial charge in [0.25, 0.3) is 5.91 Å². The summed E-state index contributed by atoms with van der Waals surface area (Å²) in [6, 6.07) is 17.0. The molecule has 26 heavy (non-hydrogen) atoms. The number of amides is 2. The topological polar surface area (TPSA) is 59.0 Å². The maximum absolute atomic E-state index is 12.8. The van der Waals surface area contributed by atoms with Gasteiger partial charge in [-0.3, -0.25) is 14.5 Å². The van der Waals surface area contributed by atoms with Gasteiger partial charge in [-0.1, -0.05) is 59.2 Å². The molecule has 0 unspecified atom stereocenters. The first-order valence-electron chi connectivity index (χ1n) is 8.54. The van der Waals surface area contributed by atoms with Gasteiger partial charge in [0.05, 0.1) is 0 Å². The fraction of sp³-hybridized carbons (Fsp3) is 0.250. The lowest BCUT2D eigenvalue weighted by Gasteiger charge is -2.15. The summed E-state index contributed by atoms with van der Waals surface area (Å²) in [5.41, 5.74) is 2.43. The molecule has 2 aliphatic heterocycles. The normalized spacial score (nSPS) is 21.6. The van der Waals surface area contributed by atoms with Crippen LogP contribution in [-0.4, -0.2) is 35.1 Å². The van der Waals surface area contributed by atoms with Gasteiger partial charge < -0.3 is 4.84 Å². The SMILES string of the molecule is O=C1[C@@H]2C(c3ccc(Cl)cc3)=NO[C@@H]2C(=O)N1CCCc1ccccc1. The Morgan fingerprint density at radius 3 is 2.46 bits per heavy atom. The van der Waals surface area contributed by atoms with Crippen LogP contribution >= 0.6 is 11.6 Å². The van der Waals surface area contributed by atoms with Gasteiger partial charge in [0, 0.05) is 17.1 Å². The van der Waals surface area contributed by atoms with Gasteiger partial charge in [0.1, 0.15) is 11.6 Å². The predicted octanol–water partition coefficient (Wildman–Crippen LogP) is 3.06. The minimum absolute atomic E-state index is 0.237. The van der Waals surface area contributed by atoms with Crippen LogP contribution in [0, 0.1) is 5.92 Å². The highest BCUT2D eigenvalue weighted by Crippen LogP contribution is 2.32. The number of carbonyl (C=O) groups is 2. The molecule has 0 saturated carbocycles. The van der Waals surface area contributed by atoms with Gasteiger partial charge >= 0.3 is 0 Å². The Morgan fingerprint density at radius 1 is 1.00 bits per heavy atom. The van der Waals surface area contributed by atoms with Crippen molar-refractivity contribution in [1.82, 2.24) is 4.90 Å². The summed E-state index contributed by atoms with van der Waals surface area (Å²) in [6.07, 6.45) is 0.686. The molecule has 5 nitrogen and oxygen atoms in total. The quantitative estimate of drug-likeness (QED) is 0.762. The Hall–Kier alpha value is -2.66. The first-order valence-corrected chi connectivity index (χ1v) is 8.92. The number of rotatable bonds is 5. The number of hydrogen-bond acceptors (Lipinski definition) is 4. The van der Waals surface area contributed by atoms with Crippen molar-refractivity contribution in [2.24, 2.45) is 11.1 Å². The summed E-state index contributed by atoms with van der Waals surface area (Å²) in [6.45, 7) is 0.386. The molecule has 0 aliphatic carbocycles. The molecular formula is C20H17ClN2O3. The third kappa shape index (κ3) is 2.99. The minimum Gasteiger partial charge on any atom is -0.381 e. The number of benzene rings is 2. The smallest absolute Gasteiger partial charge is 0.274 e. The highest BCUT2D eigenvalue weighted by Gasteiger charge is 2.55. The van der Waals surface area contributed by atoms with Gasteiger partial charge in [0.15, 0.2) is 0 Å². The molecule has 0 bridgehead atoms. The lowest BCUT2D eigenvalue weighted by Crippen LogP contribution is -2.34. The first-order chi connectivity index (χ1) is 12.6. The van der Waals surface area contributed by atoms with E-state index in [-0.39, 0.29) is 11.8 Å². The van der Waals surface area contributed by atoms with Crippen LogP contribution in [-0.2, 0) is 20.8 Å². The number of likely N-dealkylation sites (tertiary alicyclic amines) is 1. The van der Waals surface area contributed by atoms with Crippen molar-refractivity contribution < 1.29 is 14.4 Å². The highest BCUT2D eigenvalue weighted by molar-refractivity contribution is 6.31. The van der Waals surface area contributed by atoms with Gasteiger partial charge in [-0.05, 0) is 30.5 Å². The van der Waals surface area contributed by atoms with Crippen molar-refractivity contribution in [2.75, 3.05) is 6.54 Å². The fourth-order valence-electron chi connectivity index (χ4n) is 3.40. The summed E-state index contributed by atoms with van der Waals surface area (Å²) >= 11 is 5.91. The summed E-state index contributed by atoms with van der Waals surface area (Å²) in [4.78, 5) is 32.0. The van der Waals surface area contributed by atoms with Gasteiger partial charge in [0.2, 0.25) is 12.0 Å². The summed E-state index contributed by atoms with van der Waals surface area (Å²) in [5, 5.41) is 4.59. The van der Waals surface area contributed by atoms with Gasteiger partial charge in [-0.25, -0.2) is 0 Å². The number of fused-ring (bicyclic) bond motifs is 1. The standard InChI is InChI=1S/C20H17ClN2O3/c21-15-10-8-14(9-11-15)17-16-18(26-22-17)20(25)23(19(16)24)12-4-7-13-5-2-1-3-6-13/h1-3,5-6,8-11,16,18H,4,7,12H2/t16-,18+/m1/s1. The minimum atomic E-state index is -0.843. The molecule has 0 aromatic heterocycles. The van der Waals surface area contributed by atoms with Crippen molar-refractivity contribution in [3.05, 3.63) is 70.7 Å². The maximum atomic E-state index is 12.8. The number of hydrogen-bond donors (Lipinski definition) is 0. The zero-order valence-electron chi connectivity index (χ0n) is 14.0. The average molecular weight is 369 g/mol. The van der Waals surface area contributed by atoms with E-state index in [0.717, 1.165) is 12.0 Å². The lowest BCUT2D eigenvalue weighted by molar-refractivity contribution is -0.142. The second-order valence-corrected chi connectivity index (χ2v) is 6.84. The van der Waals surface area contributed by atoms with E-state index in [4.69, 9.17) is 16.4 Å². The van der Waals surface area contributed by atoms with E-state index in [1.807, 2.05) is 30.3 Å². The zero-order valence-corrected chi connectivity index (χ0v) is 14.7. The molecule has 1 saturated heterocycles. The van der Waals surface area contributed by atoms with Crippen molar-refractivity contribution in [2.45, 2.75) is 18.9 Å². The Balaban J connectivity index is 1.45. The van der Waals surface area contributed by atoms with E-state index in [2.05, 4.69) is 5.16 Å². The summed E-state index contributed by atoms with van der Waals surface area (Å²) in [5.74, 6) is -1.21. The van der Waals surface area contributed by atoms with E-state index < -0.39 is 12.0 Å². The number of imide groups is 1. The van der Waals surface area contributed by atoms with Crippen LogP contribution in [0.15, 0.2) is 59.8 Å². The van der Waals surface area contributed by atoms with Crippen molar-refractivity contribution in [3.8, 4) is 0 Å². The number of halogens is 1. The molecule has 2 aromatic carbocycles. The molecule has 6 heteroatoms. The molecule has 1 fully saturated rings. The molecule has 4 rings (SSSR count). The highest BCUT2D eigenvalue weighted by atomic mass is 35.5.